The van der Waals surface area contributed by atoms with E-state index in [1.807, 2.05) is 67.6 Å². The van der Waals surface area contributed by atoms with Crippen LogP contribution in [0.2, 0.25) is 5.02 Å². The molecule has 31 heavy (non-hydrogen) atoms. The molecule has 0 aliphatic rings. The summed E-state index contributed by atoms with van der Waals surface area (Å²) in [6.07, 6.45) is 1.70. The maximum Gasteiger partial charge on any atom is 0.180 e. The molecule has 0 saturated heterocycles. The lowest BCUT2D eigenvalue weighted by Gasteiger charge is -2.14. The molecule has 162 valence electrons. The average Bonchev–Trinajstić information content (AvgIpc) is 2.78. The van der Waals surface area contributed by atoms with Gasteiger partial charge in [-0.05, 0) is 71.0 Å². The van der Waals surface area contributed by atoms with Crippen molar-refractivity contribution in [2.45, 2.75) is 20.1 Å². The van der Waals surface area contributed by atoms with Gasteiger partial charge in [-0.25, -0.2) is 0 Å². The predicted molar refractivity (Wildman–Crippen MR) is 134 cm³/mol. The molecule has 0 unspecified atom stereocenters. The van der Waals surface area contributed by atoms with Gasteiger partial charge < -0.3 is 19.6 Å². The van der Waals surface area contributed by atoms with E-state index in [-0.39, 0.29) is 0 Å². The number of nitrogens with one attached hydrogen (secondary N) is 1. The van der Waals surface area contributed by atoms with E-state index in [2.05, 4.69) is 33.1 Å². The number of halogens is 2. The molecule has 0 saturated carbocycles. The summed E-state index contributed by atoms with van der Waals surface area (Å²) in [5, 5.41) is 4.77. The van der Waals surface area contributed by atoms with E-state index >= 15 is 0 Å². The summed E-state index contributed by atoms with van der Waals surface area (Å²) in [6.45, 7) is 3.38. The van der Waals surface area contributed by atoms with Gasteiger partial charge in [0.15, 0.2) is 11.5 Å². The third-order valence-electron chi connectivity index (χ3n) is 4.40. The topological polar surface area (TPSA) is 52.1 Å². The Bertz CT molecular complexity index is 1030. The molecule has 0 amide bonds. The molecule has 1 N–H and O–H groups in total. The fourth-order valence-corrected chi connectivity index (χ4v) is 3.53. The van der Waals surface area contributed by atoms with E-state index in [0.717, 1.165) is 22.4 Å². The molecule has 0 aliphatic heterocycles. The number of nitrogens with zero attached hydrogens (tertiary/aromatic N) is 1. The predicted octanol–water partition coefficient (Wildman–Crippen LogP) is 6.05. The molecule has 3 aromatic rings. The fraction of sp³-hybridized carbons (Fsp3) is 0.208. The van der Waals surface area contributed by atoms with Gasteiger partial charge in [-0.2, -0.15) is 5.10 Å². The van der Waals surface area contributed by atoms with Gasteiger partial charge in [-0.15, -0.1) is 0 Å². The minimum atomic E-state index is 0.407. The maximum atomic E-state index is 6.51. The minimum absolute atomic E-state index is 0.407. The number of para-hydroxylation sites is 1. The van der Waals surface area contributed by atoms with Crippen LogP contribution in [-0.2, 0) is 13.2 Å². The summed E-state index contributed by atoms with van der Waals surface area (Å²) in [4.78, 5) is 0. The second kappa shape index (κ2) is 11.8. The van der Waals surface area contributed by atoms with Crippen LogP contribution < -0.4 is 19.6 Å². The van der Waals surface area contributed by atoms with Gasteiger partial charge in [0.1, 0.15) is 12.4 Å². The molecule has 0 spiro atoms. The number of ether oxygens (including phenoxy) is 3. The monoisotopic (exact) mass is 550 g/mol. The number of benzene rings is 3. The van der Waals surface area contributed by atoms with E-state index in [9.17, 15) is 0 Å². The number of rotatable bonds is 10. The van der Waals surface area contributed by atoms with Crippen LogP contribution in [0.1, 0.15) is 23.6 Å². The van der Waals surface area contributed by atoms with E-state index in [1.165, 1.54) is 3.57 Å². The highest BCUT2D eigenvalue weighted by Gasteiger charge is 2.12. The Morgan fingerprint density at radius 1 is 1.03 bits per heavy atom. The Morgan fingerprint density at radius 2 is 1.81 bits per heavy atom. The standard InChI is InChI=1S/C24H24ClIN2O3/c1-3-30-23-13-18(14-27-28-15-19-6-4-5-7-22(19)29-2)12-21(25)24(23)31-16-17-8-10-20(26)11-9-17/h4-14,28H,3,15-16H2,1-2H3/b27-14+. The quantitative estimate of drug-likeness (QED) is 0.190. The third kappa shape index (κ3) is 6.77. The molecule has 0 atom stereocenters. The number of hydrazone groups is 1. The fourth-order valence-electron chi connectivity index (χ4n) is 2.90. The summed E-state index contributed by atoms with van der Waals surface area (Å²) in [5.41, 5.74) is 5.93. The van der Waals surface area contributed by atoms with Crippen LogP contribution in [0.3, 0.4) is 0 Å². The van der Waals surface area contributed by atoms with Crippen LogP contribution in [-0.4, -0.2) is 19.9 Å². The molecule has 5 nitrogen and oxygen atoms in total. The van der Waals surface area contributed by atoms with Gasteiger partial charge in [0.05, 0.1) is 31.5 Å². The minimum Gasteiger partial charge on any atom is -0.496 e. The highest BCUT2D eigenvalue weighted by Crippen LogP contribution is 2.37. The molecule has 0 aliphatic carbocycles. The number of hydrogen-bond acceptors (Lipinski definition) is 5. The summed E-state index contributed by atoms with van der Waals surface area (Å²) in [6, 6.07) is 19.6. The van der Waals surface area contributed by atoms with Crippen LogP contribution in [0.5, 0.6) is 17.2 Å². The van der Waals surface area contributed by atoms with Crippen molar-refractivity contribution < 1.29 is 14.2 Å². The first-order chi connectivity index (χ1) is 15.1. The average molecular weight is 551 g/mol. The Kier molecular flexibility index (Phi) is 8.85. The first-order valence-corrected chi connectivity index (χ1v) is 11.3. The maximum absolute atomic E-state index is 6.51. The van der Waals surface area contributed by atoms with Crippen molar-refractivity contribution in [3.05, 3.63) is 85.9 Å². The van der Waals surface area contributed by atoms with E-state index in [4.69, 9.17) is 25.8 Å². The number of hydrogen-bond donors (Lipinski definition) is 1. The molecular weight excluding hydrogens is 527 g/mol. The Hall–Kier alpha value is -2.45. The van der Waals surface area contributed by atoms with Gasteiger partial charge in [0.2, 0.25) is 0 Å². The van der Waals surface area contributed by atoms with Gasteiger partial charge in [-0.1, -0.05) is 41.9 Å². The zero-order chi connectivity index (χ0) is 22.1. The van der Waals surface area contributed by atoms with E-state index < -0.39 is 0 Å². The molecule has 7 heteroatoms. The highest BCUT2D eigenvalue weighted by atomic mass is 127. The zero-order valence-corrected chi connectivity index (χ0v) is 20.3. The van der Waals surface area contributed by atoms with E-state index in [0.29, 0.717) is 36.3 Å². The normalized spacial score (nSPS) is 10.8. The highest BCUT2D eigenvalue weighted by molar-refractivity contribution is 14.1. The molecule has 3 aromatic carbocycles. The Balaban J connectivity index is 1.68. The molecular formula is C24H24ClIN2O3. The van der Waals surface area contributed by atoms with E-state index in [1.54, 1.807) is 13.3 Å². The molecule has 0 fully saturated rings. The largest absolute Gasteiger partial charge is 0.496 e. The molecule has 0 radical (unpaired) electrons. The smallest absolute Gasteiger partial charge is 0.180 e. The van der Waals surface area contributed by atoms with Crippen molar-refractivity contribution in [2.75, 3.05) is 13.7 Å². The SMILES string of the molecule is CCOc1cc(/C=N/NCc2ccccc2OC)cc(Cl)c1OCc1ccc(I)cc1. The molecule has 3 rings (SSSR count). The van der Waals surface area contributed by atoms with Crippen LogP contribution in [0.15, 0.2) is 65.8 Å². The third-order valence-corrected chi connectivity index (χ3v) is 5.39. The number of methoxy groups -OCH3 is 1. The summed E-state index contributed by atoms with van der Waals surface area (Å²) in [5.74, 6) is 1.94. The van der Waals surface area contributed by atoms with Crippen molar-refractivity contribution in [3.8, 4) is 17.2 Å². The first kappa shape index (κ1) is 23.2. The van der Waals surface area contributed by atoms with Gasteiger partial charge in [-0.3, -0.25) is 0 Å². The molecule has 0 aromatic heterocycles. The van der Waals surface area contributed by atoms with Crippen molar-refractivity contribution in [2.24, 2.45) is 5.10 Å². The van der Waals surface area contributed by atoms with Gasteiger partial charge in [0, 0.05) is 9.13 Å². The van der Waals surface area contributed by atoms with Crippen LogP contribution in [0.4, 0.5) is 0 Å². The zero-order valence-electron chi connectivity index (χ0n) is 17.4. The van der Waals surface area contributed by atoms with Crippen molar-refractivity contribution in [3.63, 3.8) is 0 Å². The van der Waals surface area contributed by atoms with Crippen molar-refractivity contribution in [1.29, 1.82) is 0 Å². The lowest BCUT2D eigenvalue weighted by Crippen LogP contribution is -2.07. The van der Waals surface area contributed by atoms with Gasteiger partial charge >= 0.3 is 0 Å². The van der Waals surface area contributed by atoms with Crippen molar-refractivity contribution >= 4 is 40.4 Å². The molecule has 0 heterocycles. The second-order valence-electron chi connectivity index (χ2n) is 6.58. The Morgan fingerprint density at radius 3 is 2.55 bits per heavy atom. The lowest BCUT2D eigenvalue weighted by atomic mass is 10.2. The lowest BCUT2D eigenvalue weighted by molar-refractivity contribution is 0.269. The van der Waals surface area contributed by atoms with Crippen LogP contribution in [0.25, 0.3) is 0 Å². The first-order valence-electron chi connectivity index (χ1n) is 9.82. The summed E-state index contributed by atoms with van der Waals surface area (Å²) >= 11 is 8.78. The second-order valence-corrected chi connectivity index (χ2v) is 8.24. The molecule has 0 bridgehead atoms. The summed E-state index contributed by atoms with van der Waals surface area (Å²) in [7, 11) is 1.65. The van der Waals surface area contributed by atoms with Crippen LogP contribution in [0, 0.1) is 3.57 Å². The Labute approximate surface area is 201 Å². The van der Waals surface area contributed by atoms with Gasteiger partial charge in [0.25, 0.3) is 0 Å². The summed E-state index contributed by atoms with van der Waals surface area (Å²) < 4.78 is 18.3. The van der Waals surface area contributed by atoms with Crippen LogP contribution >= 0.6 is 34.2 Å². The van der Waals surface area contributed by atoms with Crippen molar-refractivity contribution in [1.82, 2.24) is 5.43 Å².